The Morgan fingerprint density at radius 3 is 2.07 bits per heavy atom. The largest absolute Gasteiger partial charge is 0.326 e. The van der Waals surface area contributed by atoms with Crippen molar-refractivity contribution in [3.63, 3.8) is 0 Å². The standard InChI is InChI=1S/C26H30N2O2/c1-2-20-5-3-4-6-23(20)28-24(29)21-7-9-22(10-8-21)27-25(30)26-14-17-11-18(15-26)13-19(12-17)16-26/h3-10,17-19H,2,11-16H2,1H3,(H,27,30)(H,28,29). The fraction of sp³-hybridized carbons (Fsp3) is 0.462. The van der Waals surface area contributed by atoms with Crippen LogP contribution in [0, 0.1) is 23.2 Å². The number of benzene rings is 2. The summed E-state index contributed by atoms with van der Waals surface area (Å²) in [6, 6.07) is 15.1. The number of amides is 2. The Balaban J connectivity index is 1.25. The first-order valence-electron chi connectivity index (χ1n) is 11.4. The third-order valence-corrected chi connectivity index (χ3v) is 7.57. The average Bonchev–Trinajstić information content (AvgIpc) is 2.73. The normalized spacial score (nSPS) is 28.9. The van der Waals surface area contributed by atoms with Crippen LogP contribution in [0.5, 0.6) is 0 Å². The maximum absolute atomic E-state index is 13.2. The summed E-state index contributed by atoms with van der Waals surface area (Å²) in [5, 5.41) is 6.16. The van der Waals surface area contributed by atoms with E-state index in [0.717, 1.165) is 60.4 Å². The molecule has 4 heteroatoms. The highest BCUT2D eigenvalue weighted by Gasteiger charge is 2.54. The minimum absolute atomic E-state index is 0.130. The molecule has 4 nitrogen and oxygen atoms in total. The summed E-state index contributed by atoms with van der Waals surface area (Å²) in [6.45, 7) is 2.08. The van der Waals surface area contributed by atoms with E-state index in [2.05, 4.69) is 17.6 Å². The summed E-state index contributed by atoms with van der Waals surface area (Å²) in [5.41, 5.74) is 3.18. The number of rotatable bonds is 5. The first kappa shape index (κ1) is 19.3. The van der Waals surface area contributed by atoms with Crippen LogP contribution in [-0.4, -0.2) is 11.8 Å². The van der Waals surface area contributed by atoms with Gasteiger partial charge in [-0.25, -0.2) is 0 Å². The van der Waals surface area contributed by atoms with Crippen LogP contribution in [0.3, 0.4) is 0 Å². The molecule has 0 atom stereocenters. The zero-order chi connectivity index (χ0) is 20.7. The number of para-hydroxylation sites is 1. The molecule has 30 heavy (non-hydrogen) atoms. The van der Waals surface area contributed by atoms with E-state index in [0.29, 0.717) is 5.56 Å². The monoisotopic (exact) mass is 402 g/mol. The summed E-state index contributed by atoms with van der Waals surface area (Å²) in [7, 11) is 0. The van der Waals surface area contributed by atoms with Crippen LogP contribution >= 0.6 is 0 Å². The predicted octanol–water partition coefficient (Wildman–Crippen LogP) is 5.66. The highest BCUT2D eigenvalue weighted by Crippen LogP contribution is 2.60. The summed E-state index contributed by atoms with van der Waals surface area (Å²) in [6.07, 6.45) is 8.03. The van der Waals surface area contributed by atoms with Gasteiger partial charge in [0.2, 0.25) is 5.91 Å². The lowest BCUT2D eigenvalue weighted by Crippen LogP contribution is -2.51. The molecule has 2 aromatic carbocycles. The van der Waals surface area contributed by atoms with Crippen molar-refractivity contribution in [2.75, 3.05) is 10.6 Å². The zero-order valence-electron chi connectivity index (χ0n) is 17.6. The predicted molar refractivity (Wildman–Crippen MR) is 119 cm³/mol. The highest BCUT2D eigenvalue weighted by atomic mass is 16.2. The molecule has 0 saturated heterocycles. The van der Waals surface area contributed by atoms with E-state index < -0.39 is 0 Å². The summed E-state index contributed by atoms with van der Waals surface area (Å²) < 4.78 is 0. The molecule has 2 N–H and O–H groups in total. The minimum Gasteiger partial charge on any atom is -0.326 e. The maximum atomic E-state index is 13.2. The summed E-state index contributed by atoms with van der Waals surface area (Å²) >= 11 is 0. The van der Waals surface area contributed by atoms with E-state index >= 15 is 0 Å². The van der Waals surface area contributed by atoms with E-state index in [1.807, 2.05) is 36.4 Å². The van der Waals surface area contributed by atoms with Crippen molar-refractivity contribution >= 4 is 23.2 Å². The van der Waals surface area contributed by atoms with Crippen molar-refractivity contribution in [2.45, 2.75) is 51.9 Å². The topological polar surface area (TPSA) is 58.2 Å². The van der Waals surface area contributed by atoms with Crippen molar-refractivity contribution in [3.8, 4) is 0 Å². The Labute approximate surface area is 178 Å². The third-order valence-electron chi connectivity index (χ3n) is 7.57. The quantitative estimate of drug-likeness (QED) is 0.678. The molecule has 0 radical (unpaired) electrons. The van der Waals surface area contributed by atoms with E-state index in [-0.39, 0.29) is 17.2 Å². The van der Waals surface area contributed by atoms with Gasteiger partial charge in [-0.2, -0.15) is 0 Å². The Morgan fingerprint density at radius 1 is 0.867 bits per heavy atom. The Kier molecular flexibility index (Phi) is 4.88. The molecule has 4 bridgehead atoms. The first-order valence-corrected chi connectivity index (χ1v) is 11.4. The van der Waals surface area contributed by atoms with E-state index in [1.54, 1.807) is 12.1 Å². The van der Waals surface area contributed by atoms with Crippen LogP contribution in [0.1, 0.15) is 61.4 Å². The van der Waals surface area contributed by atoms with Gasteiger partial charge in [0, 0.05) is 16.9 Å². The molecule has 0 aliphatic heterocycles. The van der Waals surface area contributed by atoms with E-state index in [9.17, 15) is 9.59 Å². The molecular weight excluding hydrogens is 372 g/mol. The van der Waals surface area contributed by atoms with Gasteiger partial charge in [0.1, 0.15) is 0 Å². The van der Waals surface area contributed by atoms with Gasteiger partial charge < -0.3 is 10.6 Å². The smallest absolute Gasteiger partial charge is 0.255 e. The second-order valence-corrected chi connectivity index (χ2v) is 9.69. The van der Waals surface area contributed by atoms with Gasteiger partial charge in [-0.15, -0.1) is 0 Å². The molecule has 6 rings (SSSR count). The second-order valence-electron chi connectivity index (χ2n) is 9.69. The molecule has 4 aliphatic carbocycles. The van der Waals surface area contributed by atoms with Crippen LogP contribution in [0.25, 0.3) is 0 Å². The lowest BCUT2D eigenvalue weighted by molar-refractivity contribution is -0.140. The lowest BCUT2D eigenvalue weighted by atomic mass is 9.49. The zero-order valence-corrected chi connectivity index (χ0v) is 17.6. The van der Waals surface area contributed by atoms with Gasteiger partial charge in [-0.1, -0.05) is 25.1 Å². The molecule has 4 saturated carbocycles. The van der Waals surface area contributed by atoms with Crippen molar-refractivity contribution in [1.29, 1.82) is 0 Å². The van der Waals surface area contributed by atoms with E-state index in [1.165, 1.54) is 19.3 Å². The van der Waals surface area contributed by atoms with Gasteiger partial charge in [-0.3, -0.25) is 9.59 Å². The Bertz CT molecular complexity index is 928. The molecule has 2 amide bonds. The van der Waals surface area contributed by atoms with Gasteiger partial charge in [0.15, 0.2) is 0 Å². The Hall–Kier alpha value is -2.62. The molecular formula is C26H30N2O2. The Morgan fingerprint density at radius 2 is 1.47 bits per heavy atom. The van der Waals surface area contributed by atoms with Crippen LogP contribution < -0.4 is 10.6 Å². The van der Waals surface area contributed by atoms with Crippen molar-refractivity contribution in [3.05, 3.63) is 59.7 Å². The van der Waals surface area contributed by atoms with Gasteiger partial charge in [-0.05, 0) is 98.6 Å². The fourth-order valence-electron chi connectivity index (χ4n) is 6.50. The van der Waals surface area contributed by atoms with Gasteiger partial charge >= 0.3 is 0 Å². The number of hydrogen-bond donors (Lipinski definition) is 2. The van der Waals surface area contributed by atoms with Gasteiger partial charge in [0.25, 0.3) is 5.91 Å². The number of hydrogen-bond acceptors (Lipinski definition) is 2. The average molecular weight is 403 g/mol. The van der Waals surface area contributed by atoms with Crippen LogP contribution in [0.4, 0.5) is 11.4 Å². The SMILES string of the molecule is CCc1ccccc1NC(=O)c1ccc(NC(=O)C23CC4CC(CC(C4)C2)C3)cc1. The molecule has 0 aromatic heterocycles. The molecule has 4 aliphatic rings. The minimum atomic E-state index is -0.158. The third kappa shape index (κ3) is 3.53. The van der Waals surface area contributed by atoms with Crippen LogP contribution in [0.15, 0.2) is 48.5 Å². The first-order chi connectivity index (χ1) is 14.5. The summed E-state index contributed by atoms with van der Waals surface area (Å²) in [4.78, 5) is 25.9. The number of aryl methyl sites for hydroxylation is 1. The van der Waals surface area contributed by atoms with Gasteiger partial charge in [0.05, 0.1) is 5.41 Å². The second kappa shape index (κ2) is 7.57. The molecule has 0 heterocycles. The van der Waals surface area contributed by atoms with Crippen molar-refractivity contribution < 1.29 is 9.59 Å². The number of carbonyl (C=O) groups is 2. The van der Waals surface area contributed by atoms with E-state index in [4.69, 9.17) is 0 Å². The van der Waals surface area contributed by atoms with Crippen molar-refractivity contribution in [1.82, 2.24) is 0 Å². The molecule has 156 valence electrons. The number of anilines is 2. The molecule has 4 fully saturated rings. The lowest BCUT2D eigenvalue weighted by Gasteiger charge is -2.55. The van der Waals surface area contributed by atoms with Crippen molar-refractivity contribution in [2.24, 2.45) is 23.2 Å². The fourth-order valence-corrected chi connectivity index (χ4v) is 6.50. The number of carbonyl (C=O) groups excluding carboxylic acids is 2. The van der Waals surface area contributed by atoms with Crippen LogP contribution in [-0.2, 0) is 11.2 Å². The maximum Gasteiger partial charge on any atom is 0.255 e. The highest BCUT2D eigenvalue weighted by molar-refractivity contribution is 6.05. The molecule has 2 aromatic rings. The molecule has 0 unspecified atom stereocenters. The molecule has 0 spiro atoms. The number of nitrogens with one attached hydrogen (secondary N) is 2. The summed E-state index contributed by atoms with van der Waals surface area (Å²) in [5.74, 6) is 2.31. The van der Waals surface area contributed by atoms with Crippen LogP contribution in [0.2, 0.25) is 0 Å².